The number of hydrogen-bond donors (Lipinski definition) is 2. The minimum absolute atomic E-state index is 0.0203. The summed E-state index contributed by atoms with van der Waals surface area (Å²) < 4.78 is 1.81. The third-order valence-corrected chi connectivity index (χ3v) is 2.97. The normalized spacial score (nSPS) is 10.4. The van der Waals surface area contributed by atoms with E-state index in [9.17, 15) is 4.79 Å². The molecule has 19 heavy (non-hydrogen) atoms. The topological polar surface area (TPSA) is 72.9 Å². The molecule has 1 heterocycles. The molecular formula is C14H18N4O. The Balaban J connectivity index is 1.76. The Hall–Kier alpha value is -2.30. The molecule has 2 rings (SSSR count). The maximum atomic E-state index is 11.7. The summed E-state index contributed by atoms with van der Waals surface area (Å²) in [7, 11) is 1.89. The van der Waals surface area contributed by atoms with Crippen LogP contribution in [0.1, 0.15) is 11.3 Å². The zero-order valence-electron chi connectivity index (χ0n) is 11.0. The number of hydrogen-bond acceptors (Lipinski definition) is 3. The van der Waals surface area contributed by atoms with Crippen molar-refractivity contribution in [2.75, 3.05) is 12.3 Å². The number of carbonyl (C=O) groups excluding carboxylic acids is 1. The Morgan fingerprint density at radius 3 is 2.68 bits per heavy atom. The van der Waals surface area contributed by atoms with Crippen LogP contribution in [0.15, 0.2) is 36.5 Å². The van der Waals surface area contributed by atoms with Crippen molar-refractivity contribution >= 4 is 11.6 Å². The molecule has 5 nitrogen and oxygen atoms in total. The van der Waals surface area contributed by atoms with Gasteiger partial charge in [-0.3, -0.25) is 9.48 Å². The highest BCUT2D eigenvalue weighted by Gasteiger charge is 2.04. The van der Waals surface area contributed by atoms with Crippen molar-refractivity contribution < 1.29 is 4.79 Å². The number of nitrogen functional groups attached to an aromatic ring is 1. The van der Waals surface area contributed by atoms with Crippen LogP contribution in [0.25, 0.3) is 0 Å². The zero-order chi connectivity index (χ0) is 13.7. The van der Waals surface area contributed by atoms with E-state index in [1.54, 1.807) is 18.3 Å². The van der Waals surface area contributed by atoms with Gasteiger partial charge in [-0.1, -0.05) is 12.1 Å². The van der Waals surface area contributed by atoms with Gasteiger partial charge in [-0.2, -0.15) is 5.10 Å². The molecule has 0 saturated heterocycles. The van der Waals surface area contributed by atoms with Crippen molar-refractivity contribution in [2.24, 2.45) is 7.05 Å². The second-order valence-electron chi connectivity index (χ2n) is 4.46. The fraction of sp³-hybridized carbons (Fsp3) is 0.286. The molecule has 0 radical (unpaired) electrons. The molecular weight excluding hydrogens is 240 g/mol. The van der Waals surface area contributed by atoms with Crippen molar-refractivity contribution in [1.29, 1.82) is 0 Å². The number of nitrogens with two attached hydrogens (primary N) is 1. The van der Waals surface area contributed by atoms with Gasteiger partial charge in [-0.25, -0.2) is 0 Å². The lowest BCUT2D eigenvalue weighted by Crippen LogP contribution is -2.27. The van der Waals surface area contributed by atoms with E-state index in [1.165, 1.54) is 0 Å². The molecule has 0 aliphatic rings. The molecule has 3 N–H and O–H groups in total. The summed E-state index contributed by atoms with van der Waals surface area (Å²) >= 11 is 0. The molecule has 0 aliphatic carbocycles. The monoisotopic (exact) mass is 258 g/mol. The molecule has 1 aromatic heterocycles. The first-order valence-electron chi connectivity index (χ1n) is 6.23. The number of nitrogens with zero attached hydrogens (tertiary/aromatic N) is 2. The van der Waals surface area contributed by atoms with Gasteiger partial charge < -0.3 is 11.1 Å². The van der Waals surface area contributed by atoms with Gasteiger partial charge in [0, 0.05) is 37.6 Å². The van der Waals surface area contributed by atoms with Crippen molar-refractivity contribution in [3.05, 3.63) is 47.8 Å². The molecule has 0 bridgehead atoms. The van der Waals surface area contributed by atoms with Crippen LogP contribution in [0.2, 0.25) is 0 Å². The Morgan fingerprint density at radius 2 is 2.05 bits per heavy atom. The summed E-state index contributed by atoms with van der Waals surface area (Å²) in [5, 5.41) is 6.98. The highest BCUT2D eigenvalue weighted by Crippen LogP contribution is 2.05. The molecule has 100 valence electrons. The molecule has 0 atom stereocenters. The van der Waals surface area contributed by atoms with Crippen LogP contribution in [0.5, 0.6) is 0 Å². The average molecular weight is 258 g/mol. The predicted octanol–water partition coefficient (Wildman–Crippen LogP) is 0.904. The van der Waals surface area contributed by atoms with Gasteiger partial charge in [-0.05, 0) is 23.8 Å². The lowest BCUT2D eigenvalue weighted by molar-refractivity contribution is -0.120. The minimum Gasteiger partial charge on any atom is -0.399 e. The predicted molar refractivity (Wildman–Crippen MR) is 74.5 cm³/mol. The standard InChI is InChI=1S/C14H18N4O/c1-18-13(7-9-17-18)6-8-16-14(19)10-11-2-4-12(15)5-3-11/h2-5,7,9H,6,8,10,15H2,1H3,(H,16,19). The SMILES string of the molecule is Cn1nccc1CCNC(=O)Cc1ccc(N)cc1. The first kappa shape index (κ1) is 13.1. The highest BCUT2D eigenvalue weighted by molar-refractivity contribution is 5.78. The summed E-state index contributed by atoms with van der Waals surface area (Å²) in [6, 6.07) is 9.30. The van der Waals surface area contributed by atoms with Gasteiger partial charge >= 0.3 is 0 Å². The maximum absolute atomic E-state index is 11.7. The molecule has 2 aromatic rings. The van der Waals surface area contributed by atoms with Crippen LogP contribution < -0.4 is 11.1 Å². The summed E-state index contributed by atoms with van der Waals surface area (Å²) in [6.45, 7) is 0.618. The summed E-state index contributed by atoms with van der Waals surface area (Å²) in [5.74, 6) is 0.0203. The van der Waals surface area contributed by atoms with E-state index >= 15 is 0 Å². The minimum atomic E-state index is 0.0203. The number of nitrogens with one attached hydrogen (secondary N) is 1. The van der Waals surface area contributed by atoms with E-state index < -0.39 is 0 Å². The van der Waals surface area contributed by atoms with E-state index in [0.717, 1.165) is 17.7 Å². The van der Waals surface area contributed by atoms with E-state index in [-0.39, 0.29) is 5.91 Å². The molecule has 5 heteroatoms. The average Bonchev–Trinajstić information content (AvgIpc) is 2.78. The lowest BCUT2D eigenvalue weighted by atomic mass is 10.1. The van der Waals surface area contributed by atoms with Crippen LogP contribution in [-0.2, 0) is 24.7 Å². The maximum Gasteiger partial charge on any atom is 0.224 e. The molecule has 0 aliphatic heterocycles. The molecule has 0 spiro atoms. The highest BCUT2D eigenvalue weighted by atomic mass is 16.1. The van der Waals surface area contributed by atoms with Gasteiger partial charge in [0.15, 0.2) is 0 Å². The quantitative estimate of drug-likeness (QED) is 0.783. The van der Waals surface area contributed by atoms with Gasteiger partial charge in [0.1, 0.15) is 0 Å². The Bertz CT molecular complexity index is 545. The summed E-state index contributed by atoms with van der Waals surface area (Å²) in [4.78, 5) is 11.7. The van der Waals surface area contributed by atoms with Crippen LogP contribution in [0.3, 0.4) is 0 Å². The first-order valence-corrected chi connectivity index (χ1v) is 6.23. The molecule has 0 unspecified atom stereocenters. The van der Waals surface area contributed by atoms with E-state index in [2.05, 4.69) is 10.4 Å². The molecule has 0 saturated carbocycles. The number of aryl methyl sites for hydroxylation is 1. The Labute approximate surface area is 112 Å². The third-order valence-electron chi connectivity index (χ3n) is 2.97. The number of anilines is 1. The van der Waals surface area contributed by atoms with Gasteiger partial charge in [-0.15, -0.1) is 0 Å². The van der Waals surface area contributed by atoms with E-state index in [1.807, 2.05) is 29.9 Å². The Morgan fingerprint density at radius 1 is 1.32 bits per heavy atom. The number of carbonyl (C=O) groups is 1. The number of amides is 1. The lowest BCUT2D eigenvalue weighted by Gasteiger charge is -2.06. The molecule has 1 amide bonds. The fourth-order valence-corrected chi connectivity index (χ4v) is 1.86. The van der Waals surface area contributed by atoms with E-state index in [0.29, 0.717) is 18.7 Å². The largest absolute Gasteiger partial charge is 0.399 e. The summed E-state index contributed by atoms with van der Waals surface area (Å²) in [5.41, 5.74) is 8.38. The number of aromatic nitrogens is 2. The van der Waals surface area contributed by atoms with Crippen LogP contribution in [-0.4, -0.2) is 22.2 Å². The number of rotatable bonds is 5. The summed E-state index contributed by atoms with van der Waals surface area (Å²) in [6.07, 6.45) is 2.92. The first-order chi connectivity index (χ1) is 9.15. The smallest absolute Gasteiger partial charge is 0.224 e. The second-order valence-corrected chi connectivity index (χ2v) is 4.46. The van der Waals surface area contributed by atoms with Crippen LogP contribution in [0, 0.1) is 0 Å². The van der Waals surface area contributed by atoms with Crippen molar-refractivity contribution in [3.8, 4) is 0 Å². The molecule has 0 fully saturated rings. The fourth-order valence-electron chi connectivity index (χ4n) is 1.86. The van der Waals surface area contributed by atoms with Gasteiger partial charge in [0.25, 0.3) is 0 Å². The van der Waals surface area contributed by atoms with Gasteiger partial charge in [0.2, 0.25) is 5.91 Å². The van der Waals surface area contributed by atoms with Crippen molar-refractivity contribution in [3.63, 3.8) is 0 Å². The Kier molecular flexibility index (Phi) is 4.18. The number of benzene rings is 1. The van der Waals surface area contributed by atoms with E-state index in [4.69, 9.17) is 5.73 Å². The van der Waals surface area contributed by atoms with Crippen molar-refractivity contribution in [2.45, 2.75) is 12.8 Å². The van der Waals surface area contributed by atoms with Gasteiger partial charge in [0.05, 0.1) is 6.42 Å². The molecule has 1 aromatic carbocycles. The van der Waals surface area contributed by atoms with Crippen LogP contribution >= 0.6 is 0 Å². The third kappa shape index (κ3) is 3.84. The van der Waals surface area contributed by atoms with Crippen molar-refractivity contribution in [1.82, 2.24) is 15.1 Å². The zero-order valence-corrected chi connectivity index (χ0v) is 11.0. The van der Waals surface area contributed by atoms with Crippen LogP contribution in [0.4, 0.5) is 5.69 Å². The second kappa shape index (κ2) is 6.04.